The van der Waals surface area contributed by atoms with Gasteiger partial charge in [0.15, 0.2) is 0 Å². The molecule has 0 radical (unpaired) electrons. The predicted octanol–water partition coefficient (Wildman–Crippen LogP) is 2.15. The molecule has 0 saturated heterocycles. The van der Waals surface area contributed by atoms with E-state index in [0.717, 1.165) is 11.3 Å². The van der Waals surface area contributed by atoms with Crippen LogP contribution in [0.15, 0.2) is 42.7 Å². The highest BCUT2D eigenvalue weighted by Gasteiger charge is 1.99. The summed E-state index contributed by atoms with van der Waals surface area (Å²) >= 11 is 0. The van der Waals surface area contributed by atoms with Gasteiger partial charge in [-0.3, -0.25) is 4.98 Å². The molecule has 2 rings (SSSR count). The van der Waals surface area contributed by atoms with Crippen molar-refractivity contribution in [3.05, 3.63) is 42.7 Å². The molecule has 2 aromatic heterocycles. The Hall–Kier alpha value is -1.90. The van der Waals surface area contributed by atoms with Gasteiger partial charge in [0.05, 0.1) is 12.8 Å². The molecule has 0 spiro atoms. The van der Waals surface area contributed by atoms with Crippen LogP contribution in [-0.4, -0.2) is 17.1 Å². The first-order chi connectivity index (χ1) is 6.90. The fourth-order valence-corrected chi connectivity index (χ4v) is 1.21. The van der Waals surface area contributed by atoms with Crippen LogP contribution < -0.4 is 4.74 Å². The zero-order chi connectivity index (χ0) is 9.80. The van der Waals surface area contributed by atoms with E-state index in [2.05, 4.69) is 9.97 Å². The van der Waals surface area contributed by atoms with Gasteiger partial charge in [-0.25, -0.2) is 4.98 Å². The smallest absolute Gasteiger partial charge is 0.213 e. The van der Waals surface area contributed by atoms with Crippen molar-refractivity contribution in [3.63, 3.8) is 0 Å². The second-order valence-corrected chi connectivity index (χ2v) is 2.80. The predicted molar refractivity (Wildman–Crippen MR) is 54.0 cm³/mol. The summed E-state index contributed by atoms with van der Waals surface area (Å²) in [5.41, 5.74) is 1.94. The van der Waals surface area contributed by atoms with Crippen LogP contribution in [0.2, 0.25) is 0 Å². The van der Waals surface area contributed by atoms with Gasteiger partial charge < -0.3 is 4.74 Å². The molecule has 0 N–H and O–H groups in total. The van der Waals surface area contributed by atoms with Crippen LogP contribution in [0, 0.1) is 0 Å². The number of methoxy groups -OCH3 is 1. The average Bonchev–Trinajstić information content (AvgIpc) is 2.30. The van der Waals surface area contributed by atoms with Gasteiger partial charge in [-0.05, 0) is 18.2 Å². The molecular formula is C11H10N2O. The van der Waals surface area contributed by atoms with E-state index in [0.29, 0.717) is 5.88 Å². The Morgan fingerprint density at radius 2 is 1.86 bits per heavy atom. The van der Waals surface area contributed by atoms with Crippen molar-refractivity contribution in [3.8, 4) is 17.1 Å². The lowest BCUT2D eigenvalue weighted by Crippen LogP contribution is -1.89. The number of hydrogen-bond donors (Lipinski definition) is 0. The highest BCUT2D eigenvalue weighted by Crippen LogP contribution is 2.18. The topological polar surface area (TPSA) is 35.0 Å². The van der Waals surface area contributed by atoms with Crippen molar-refractivity contribution in [2.24, 2.45) is 0 Å². The summed E-state index contributed by atoms with van der Waals surface area (Å²) in [6.45, 7) is 0. The van der Waals surface area contributed by atoms with Gasteiger partial charge in [0.1, 0.15) is 0 Å². The van der Waals surface area contributed by atoms with E-state index in [9.17, 15) is 0 Å². The van der Waals surface area contributed by atoms with Gasteiger partial charge in [0, 0.05) is 24.0 Å². The molecule has 0 fully saturated rings. The molecule has 2 heterocycles. The number of ether oxygens (including phenoxy) is 1. The van der Waals surface area contributed by atoms with Crippen LogP contribution in [-0.2, 0) is 0 Å². The van der Waals surface area contributed by atoms with Crippen molar-refractivity contribution in [1.82, 2.24) is 9.97 Å². The third-order valence-electron chi connectivity index (χ3n) is 1.91. The molecule has 14 heavy (non-hydrogen) atoms. The second kappa shape index (κ2) is 3.87. The SMILES string of the molecule is COc1cccc(-c2ccncc2)n1. The Balaban J connectivity index is 2.42. The molecule has 0 unspecified atom stereocenters. The largest absolute Gasteiger partial charge is 0.481 e. The lowest BCUT2D eigenvalue weighted by molar-refractivity contribution is 0.398. The highest BCUT2D eigenvalue weighted by atomic mass is 16.5. The number of aromatic nitrogens is 2. The van der Waals surface area contributed by atoms with Crippen LogP contribution >= 0.6 is 0 Å². The Morgan fingerprint density at radius 3 is 2.57 bits per heavy atom. The molecule has 0 bridgehead atoms. The number of pyridine rings is 2. The minimum atomic E-state index is 0.624. The maximum atomic E-state index is 5.05. The van der Waals surface area contributed by atoms with Crippen molar-refractivity contribution in [2.45, 2.75) is 0 Å². The quantitative estimate of drug-likeness (QED) is 0.720. The lowest BCUT2D eigenvalue weighted by Gasteiger charge is -2.02. The minimum absolute atomic E-state index is 0.624. The Kier molecular flexibility index (Phi) is 2.40. The maximum Gasteiger partial charge on any atom is 0.213 e. The van der Waals surface area contributed by atoms with E-state index in [4.69, 9.17) is 4.74 Å². The molecule has 70 valence electrons. The van der Waals surface area contributed by atoms with E-state index in [-0.39, 0.29) is 0 Å². The van der Waals surface area contributed by atoms with Crippen LogP contribution in [0.1, 0.15) is 0 Å². The Labute approximate surface area is 82.4 Å². The van der Waals surface area contributed by atoms with Gasteiger partial charge in [-0.1, -0.05) is 6.07 Å². The number of nitrogens with zero attached hydrogens (tertiary/aromatic N) is 2. The first kappa shape index (κ1) is 8.69. The third-order valence-corrected chi connectivity index (χ3v) is 1.91. The van der Waals surface area contributed by atoms with E-state index >= 15 is 0 Å². The zero-order valence-corrected chi connectivity index (χ0v) is 7.84. The summed E-state index contributed by atoms with van der Waals surface area (Å²) in [5, 5.41) is 0. The van der Waals surface area contributed by atoms with Crippen LogP contribution in [0.5, 0.6) is 5.88 Å². The summed E-state index contributed by atoms with van der Waals surface area (Å²) in [7, 11) is 1.61. The lowest BCUT2D eigenvalue weighted by atomic mass is 10.2. The molecule has 0 aromatic carbocycles. The van der Waals surface area contributed by atoms with Gasteiger partial charge in [-0.2, -0.15) is 0 Å². The molecule has 0 aliphatic rings. The number of rotatable bonds is 2. The van der Waals surface area contributed by atoms with Crippen LogP contribution in [0.4, 0.5) is 0 Å². The standard InChI is InChI=1S/C11H10N2O/c1-14-11-4-2-3-10(13-11)9-5-7-12-8-6-9/h2-8H,1H3. The van der Waals surface area contributed by atoms with Crippen LogP contribution in [0.3, 0.4) is 0 Å². The van der Waals surface area contributed by atoms with E-state index in [1.807, 2.05) is 30.3 Å². The third kappa shape index (κ3) is 1.71. The van der Waals surface area contributed by atoms with E-state index < -0.39 is 0 Å². The number of hydrogen-bond acceptors (Lipinski definition) is 3. The molecule has 2 aromatic rings. The highest BCUT2D eigenvalue weighted by molar-refractivity contribution is 5.58. The average molecular weight is 186 g/mol. The van der Waals surface area contributed by atoms with Crippen molar-refractivity contribution < 1.29 is 4.74 Å². The Bertz CT molecular complexity index is 415. The Morgan fingerprint density at radius 1 is 1.07 bits per heavy atom. The van der Waals surface area contributed by atoms with Gasteiger partial charge in [0.25, 0.3) is 0 Å². The van der Waals surface area contributed by atoms with Crippen molar-refractivity contribution in [2.75, 3.05) is 7.11 Å². The fourth-order valence-electron chi connectivity index (χ4n) is 1.21. The molecular weight excluding hydrogens is 176 g/mol. The summed E-state index contributed by atoms with van der Waals surface area (Å²) in [4.78, 5) is 8.27. The zero-order valence-electron chi connectivity index (χ0n) is 7.84. The summed E-state index contributed by atoms with van der Waals surface area (Å²) in [6, 6.07) is 9.52. The summed E-state index contributed by atoms with van der Waals surface area (Å²) < 4.78 is 5.05. The normalized spacial score (nSPS) is 9.79. The van der Waals surface area contributed by atoms with Gasteiger partial charge in [0.2, 0.25) is 5.88 Å². The molecule has 3 heteroatoms. The summed E-state index contributed by atoms with van der Waals surface area (Å²) in [5.74, 6) is 0.624. The monoisotopic (exact) mass is 186 g/mol. The minimum Gasteiger partial charge on any atom is -0.481 e. The van der Waals surface area contributed by atoms with E-state index in [1.54, 1.807) is 19.5 Å². The van der Waals surface area contributed by atoms with Crippen LogP contribution in [0.25, 0.3) is 11.3 Å². The molecule has 0 saturated carbocycles. The van der Waals surface area contributed by atoms with Gasteiger partial charge >= 0.3 is 0 Å². The first-order valence-electron chi connectivity index (χ1n) is 4.31. The van der Waals surface area contributed by atoms with Gasteiger partial charge in [-0.15, -0.1) is 0 Å². The van der Waals surface area contributed by atoms with Crippen molar-refractivity contribution >= 4 is 0 Å². The second-order valence-electron chi connectivity index (χ2n) is 2.80. The van der Waals surface area contributed by atoms with Crippen molar-refractivity contribution in [1.29, 1.82) is 0 Å². The molecule has 3 nitrogen and oxygen atoms in total. The molecule has 0 aliphatic carbocycles. The maximum absolute atomic E-state index is 5.05. The molecule has 0 aliphatic heterocycles. The fraction of sp³-hybridized carbons (Fsp3) is 0.0909. The summed E-state index contributed by atoms with van der Waals surface area (Å²) in [6.07, 6.45) is 3.49. The first-order valence-corrected chi connectivity index (χ1v) is 4.31. The van der Waals surface area contributed by atoms with E-state index in [1.165, 1.54) is 0 Å². The molecule has 0 atom stereocenters. The molecule has 0 amide bonds.